The summed E-state index contributed by atoms with van der Waals surface area (Å²) in [5.74, 6) is 3.16. The van der Waals surface area contributed by atoms with Crippen molar-refractivity contribution < 1.29 is 0 Å². The van der Waals surface area contributed by atoms with Gasteiger partial charge in [-0.05, 0) is 17.5 Å². The summed E-state index contributed by atoms with van der Waals surface area (Å²) in [5, 5.41) is 7.62. The van der Waals surface area contributed by atoms with Crippen LogP contribution in [0.3, 0.4) is 0 Å². The van der Waals surface area contributed by atoms with E-state index in [1.54, 1.807) is 30.8 Å². The van der Waals surface area contributed by atoms with Crippen molar-refractivity contribution in [2.45, 2.75) is 0 Å². The van der Waals surface area contributed by atoms with Crippen molar-refractivity contribution in [3.8, 4) is 0 Å². The molecule has 2 aliphatic heterocycles. The Hall–Kier alpha value is -2.48. The number of hydrogen-bond donors (Lipinski definition) is 0. The van der Waals surface area contributed by atoms with E-state index in [2.05, 4.69) is 36.3 Å². The minimum atomic E-state index is -0.0714. The minimum absolute atomic E-state index is 0.0714. The standard InChI is InChI=1S/C17H18N6OS/c1-21-15(24)3-2-14(20-21)22-6-11-8-23(9-12(11)7-22)16-13-4-5-25-17(13)19-10-18-16/h2-5,10-12H,6-9H2,1H3. The van der Waals surface area contributed by atoms with E-state index in [9.17, 15) is 4.79 Å². The predicted molar refractivity (Wildman–Crippen MR) is 98.3 cm³/mol. The van der Waals surface area contributed by atoms with Crippen LogP contribution in [0.25, 0.3) is 10.2 Å². The quantitative estimate of drug-likeness (QED) is 0.692. The molecule has 0 amide bonds. The number of aromatic nitrogens is 4. The van der Waals surface area contributed by atoms with Gasteiger partial charge < -0.3 is 9.80 Å². The number of thiophene rings is 1. The number of rotatable bonds is 2. The molecule has 2 fully saturated rings. The number of aryl methyl sites for hydroxylation is 1. The van der Waals surface area contributed by atoms with E-state index in [1.807, 2.05) is 6.07 Å². The van der Waals surface area contributed by atoms with E-state index >= 15 is 0 Å². The fraction of sp³-hybridized carbons (Fsp3) is 0.412. The van der Waals surface area contributed by atoms with Gasteiger partial charge in [0.25, 0.3) is 5.56 Å². The lowest BCUT2D eigenvalue weighted by Gasteiger charge is -2.23. The zero-order valence-electron chi connectivity index (χ0n) is 13.9. The molecule has 0 radical (unpaired) electrons. The van der Waals surface area contributed by atoms with Gasteiger partial charge in [0.15, 0.2) is 0 Å². The third kappa shape index (κ3) is 2.39. The first-order chi connectivity index (χ1) is 12.2. The summed E-state index contributed by atoms with van der Waals surface area (Å²) in [6, 6.07) is 5.54. The summed E-state index contributed by atoms with van der Waals surface area (Å²) >= 11 is 1.66. The molecule has 0 saturated carbocycles. The second-order valence-corrected chi connectivity index (χ2v) is 7.71. The first kappa shape index (κ1) is 14.8. The lowest BCUT2D eigenvalue weighted by atomic mass is 10.0. The van der Waals surface area contributed by atoms with Crippen LogP contribution in [0.5, 0.6) is 0 Å². The molecule has 8 heteroatoms. The summed E-state index contributed by atoms with van der Waals surface area (Å²) in [7, 11) is 1.70. The Labute approximate surface area is 148 Å². The molecule has 0 N–H and O–H groups in total. The van der Waals surface area contributed by atoms with Crippen LogP contribution in [-0.2, 0) is 7.05 Å². The number of hydrogen-bond acceptors (Lipinski definition) is 7. The highest BCUT2D eigenvalue weighted by atomic mass is 32.1. The zero-order chi connectivity index (χ0) is 17.0. The van der Waals surface area contributed by atoms with Crippen molar-refractivity contribution in [3.05, 3.63) is 40.3 Å². The summed E-state index contributed by atoms with van der Waals surface area (Å²) in [6.07, 6.45) is 1.67. The van der Waals surface area contributed by atoms with Crippen molar-refractivity contribution in [1.82, 2.24) is 19.7 Å². The Balaban J connectivity index is 1.36. The number of nitrogens with zero attached hydrogens (tertiary/aromatic N) is 6. The SMILES string of the molecule is Cn1nc(N2CC3CN(c4ncnc5sccc45)CC3C2)ccc1=O. The van der Waals surface area contributed by atoms with E-state index in [0.29, 0.717) is 11.8 Å². The fourth-order valence-electron chi connectivity index (χ4n) is 4.04. The van der Waals surface area contributed by atoms with Gasteiger partial charge in [0.05, 0.1) is 5.39 Å². The highest BCUT2D eigenvalue weighted by Crippen LogP contribution is 2.37. The molecule has 128 valence electrons. The lowest BCUT2D eigenvalue weighted by molar-refractivity contribution is 0.533. The molecule has 0 aliphatic carbocycles. The normalized spacial score (nSPS) is 22.8. The van der Waals surface area contributed by atoms with Gasteiger partial charge in [-0.1, -0.05) is 0 Å². The third-order valence-corrected chi connectivity index (χ3v) is 6.12. The maximum Gasteiger partial charge on any atom is 0.266 e. The van der Waals surface area contributed by atoms with Crippen LogP contribution in [0.15, 0.2) is 34.7 Å². The molecule has 2 unspecified atom stereocenters. The average molecular weight is 354 g/mol. The molecule has 2 aliphatic rings. The molecule has 5 rings (SSSR count). The van der Waals surface area contributed by atoms with Crippen LogP contribution in [-0.4, -0.2) is 45.9 Å². The van der Waals surface area contributed by atoms with Gasteiger partial charge in [-0.25, -0.2) is 14.6 Å². The lowest BCUT2D eigenvalue weighted by Crippen LogP contribution is -2.31. The molecule has 25 heavy (non-hydrogen) atoms. The Morgan fingerprint density at radius 3 is 2.56 bits per heavy atom. The molecule has 0 spiro atoms. The van der Waals surface area contributed by atoms with Crippen molar-refractivity contribution in [1.29, 1.82) is 0 Å². The van der Waals surface area contributed by atoms with E-state index in [1.165, 1.54) is 4.68 Å². The molecular formula is C17H18N6OS. The number of fused-ring (bicyclic) bond motifs is 2. The van der Waals surface area contributed by atoms with Crippen molar-refractivity contribution in [3.63, 3.8) is 0 Å². The fourth-order valence-corrected chi connectivity index (χ4v) is 4.77. The van der Waals surface area contributed by atoms with E-state index in [0.717, 1.165) is 48.0 Å². The first-order valence-electron chi connectivity index (χ1n) is 8.41. The van der Waals surface area contributed by atoms with E-state index < -0.39 is 0 Å². The Morgan fingerprint density at radius 2 is 1.80 bits per heavy atom. The molecule has 0 bridgehead atoms. The van der Waals surface area contributed by atoms with Crippen molar-refractivity contribution in [2.24, 2.45) is 18.9 Å². The monoisotopic (exact) mass is 354 g/mol. The summed E-state index contributed by atoms with van der Waals surface area (Å²) in [5.41, 5.74) is -0.0714. The summed E-state index contributed by atoms with van der Waals surface area (Å²) < 4.78 is 1.41. The molecule has 5 heterocycles. The topological polar surface area (TPSA) is 67.2 Å². The van der Waals surface area contributed by atoms with Gasteiger partial charge in [0.1, 0.15) is 22.8 Å². The Morgan fingerprint density at radius 1 is 1.04 bits per heavy atom. The van der Waals surface area contributed by atoms with Gasteiger partial charge in [0, 0.05) is 51.1 Å². The van der Waals surface area contributed by atoms with Crippen LogP contribution in [0.2, 0.25) is 0 Å². The molecular weight excluding hydrogens is 336 g/mol. The van der Waals surface area contributed by atoms with Gasteiger partial charge in [-0.3, -0.25) is 4.79 Å². The molecule has 7 nitrogen and oxygen atoms in total. The molecule has 2 atom stereocenters. The largest absolute Gasteiger partial charge is 0.355 e. The van der Waals surface area contributed by atoms with Gasteiger partial charge in [-0.2, -0.15) is 5.10 Å². The molecule has 0 aromatic carbocycles. The predicted octanol–water partition coefficient (Wildman–Crippen LogP) is 1.36. The Bertz CT molecular complexity index is 984. The third-order valence-electron chi connectivity index (χ3n) is 5.30. The molecule has 3 aromatic heterocycles. The van der Waals surface area contributed by atoms with Crippen LogP contribution < -0.4 is 15.4 Å². The van der Waals surface area contributed by atoms with Crippen molar-refractivity contribution in [2.75, 3.05) is 36.0 Å². The minimum Gasteiger partial charge on any atom is -0.355 e. The van der Waals surface area contributed by atoms with Gasteiger partial charge >= 0.3 is 0 Å². The number of anilines is 2. The van der Waals surface area contributed by atoms with Crippen LogP contribution in [0, 0.1) is 11.8 Å². The van der Waals surface area contributed by atoms with Gasteiger partial charge in [0.2, 0.25) is 0 Å². The average Bonchev–Trinajstić information content (AvgIpc) is 3.30. The highest BCUT2D eigenvalue weighted by Gasteiger charge is 2.41. The molecule has 3 aromatic rings. The smallest absolute Gasteiger partial charge is 0.266 e. The summed E-state index contributed by atoms with van der Waals surface area (Å²) in [4.78, 5) is 26.2. The Kier molecular flexibility index (Phi) is 3.27. The highest BCUT2D eigenvalue weighted by molar-refractivity contribution is 7.16. The maximum absolute atomic E-state index is 11.5. The van der Waals surface area contributed by atoms with Crippen LogP contribution in [0.1, 0.15) is 0 Å². The van der Waals surface area contributed by atoms with E-state index in [4.69, 9.17) is 0 Å². The molecule has 2 saturated heterocycles. The van der Waals surface area contributed by atoms with Crippen molar-refractivity contribution >= 4 is 33.2 Å². The zero-order valence-corrected chi connectivity index (χ0v) is 14.7. The van der Waals surface area contributed by atoms with Gasteiger partial charge in [-0.15, -0.1) is 11.3 Å². The van der Waals surface area contributed by atoms with Crippen LogP contribution in [0.4, 0.5) is 11.6 Å². The van der Waals surface area contributed by atoms with Crippen LogP contribution >= 0.6 is 11.3 Å². The summed E-state index contributed by atoms with van der Waals surface area (Å²) in [6.45, 7) is 3.97. The second kappa shape index (κ2) is 5.52. The second-order valence-electron chi connectivity index (χ2n) is 6.82. The first-order valence-corrected chi connectivity index (χ1v) is 9.29. The maximum atomic E-state index is 11.5. The van der Waals surface area contributed by atoms with E-state index in [-0.39, 0.29) is 5.56 Å².